The van der Waals surface area contributed by atoms with E-state index in [1.807, 2.05) is 24.3 Å². The van der Waals surface area contributed by atoms with Gasteiger partial charge in [-0.25, -0.2) is 0 Å². The summed E-state index contributed by atoms with van der Waals surface area (Å²) >= 11 is 0. The Bertz CT molecular complexity index is 442. The van der Waals surface area contributed by atoms with E-state index in [1.165, 1.54) is 18.0 Å². The van der Waals surface area contributed by atoms with Crippen LogP contribution in [0, 0.1) is 0 Å². The fourth-order valence-corrected chi connectivity index (χ4v) is 2.53. The summed E-state index contributed by atoms with van der Waals surface area (Å²) in [6.45, 7) is 5.63. The lowest BCUT2D eigenvalue weighted by molar-refractivity contribution is -1.00. The van der Waals surface area contributed by atoms with E-state index in [-0.39, 0.29) is 5.91 Å². The van der Waals surface area contributed by atoms with Gasteiger partial charge in [0.1, 0.15) is 31.9 Å². The molecule has 1 amide bonds. The summed E-state index contributed by atoms with van der Waals surface area (Å²) in [5, 5.41) is 2.93. The van der Waals surface area contributed by atoms with Crippen LogP contribution in [0.15, 0.2) is 24.3 Å². The van der Waals surface area contributed by atoms with E-state index in [0.717, 1.165) is 25.3 Å². The number of rotatable bonds is 5. The highest BCUT2D eigenvalue weighted by atomic mass is 16.5. The van der Waals surface area contributed by atoms with Crippen molar-refractivity contribution in [3.05, 3.63) is 24.3 Å². The molecular formula is C15H25N3O2+2. The molecule has 1 fully saturated rings. The fourth-order valence-electron chi connectivity index (χ4n) is 2.53. The first-order valence-electron chi connectivity index (χ1n) is 7.27. The standard InChI is InChI=1S/C15H23N3O2/c1-17-9-11-18(12-10-17)8-7-15(19)16-13-5-3-4-6-14(13)20-2/h3-6H,7-12H2,1-2H3,(H,16,19)/p+2. The van der Waals surface area contributed by atoms with Crippen LogP contribution in [0.4, 0.5) is 5.69 Å². The van der Waals surface area contributed by atoms with Crippen molar-refractivity contribution in [3.8, 4) is 5.75 Å². The second-order valence-corrected chi connectivity index (χ2v) is 5.46. The summed E-state index contributed by atoms with van der Waals surface area (Å²) in [5.74, 6) is 0.768. The Labute approximate surface area is 120 Å². The summed E-state index contributed by atoms with van der Waals surface area (Å²) in [6, 6.07) is 7.50. The monoisotopic (exact) mass is 279 g/mol. The highest BCUT2D eigenvalue weighted by Gasteiger charge is 2.20. The number of methoxy groups -OCH3 is 1. The summed E-state index contributed by atoms with van der Waals surface area (Å²) in [5.41, 5.74) is 0.748. The maximum absolute atomic E-state index is 12.0. The molecule has 1 aliphatic rings. The van der Waals surface area contributed by atoms with Gasteiger partial charge in [0.25, 0.3) is 0 Å². The smallest absolute Gasteiger partial charge is 0.230 e. The first-order chi connectivity index (χ1) is 9.69. The van der Waals surface area contributed by atoms with Crippen LogP contribution in [0.1, 0.15) is 6.42 Å². The Hall–Kier alpha value is -1.59. The number of quaternary nitrogens is 2. The van der Waals surface area contributed by atoms with Crippen LogP contribution in [0.3, 0.4) is 0 Å². The van der Waals surface area contributed by atoms with E-state index >= 15 is 0 Å². The molecule has 20 heavy (non-hydrogen) atoms. The highest BCUT2D eigenvalue weighted by molar-refractivity contribution is 5.92. The number of para-hydroxylation sites is 2. The second-order valence-electron chi connectivity index (χ2n) is 5.46. The van der Waals surface area contributed by atoms with Crippen molar-refractivity contribution in [3.63, 3.8) is 0 Å². The van der Waals surface area contributed by atoms with Crippen LogP contribution >= 0.6 is 0 Å². The van der Waals surface area contributed by atoms with Gasteiger partial charge in [-0.15, -0.1) is 0 Å². The van der Waals surface area contributed by atoms with Gasteiger partial charge in [-0.05, 0) is 12.1 Å². The Kier molecular flexibility index (Phi) is 5.38. The predicted octanol–water partition coefficient (Wildman–Crippen LogP) is -1.56. The molecule has 5 nitrogen and oxygen atoms in total. The molecule has 3 N–H and O–H groups in total. The lowest BCUT2D eigenvalue weighted by Crippen LogP contribution is -3.27. The average molecular weight is 279 g/mol. The average Bonchev–Trinajstić information content (AvgIpc) is 2.47. The summed E-state index contributed by atoms with van der Waals surface area (Å²) in [6.07, 6.45) is 0.562. The van der Waals surface area contributed by atoms with E-state index in [1.54, 1.807) is 12.0 Å². The lowest BCUT2D eigenvalue weighted by atomic mass is 10.2. The van der Waals surface area contributed by atoms with Crippen LogP contribution < -0.4 is 19.9 Å². The Balaban J connectivity index is 1.78. The Morgan fingerprint density at radius 2 is 1.95 bits per heavy atom. The Morgan fingerprint density at radius 1 is 1.25 bits per heavy atom. The number of carbonyl (C=O) groups excluding carboxylic acids is 1. The molecule has 1 heterocycles. The van der Waals surface area contributed by atoms with Gasteiger partial charge in [0.15, 0.2) is 0 Å². The molecular weight excluding hydrogens is 254 g/mol. The van der Waals surface area contributed by atoms with Gasteiger partial charge in [0.05, 0.1) is 32.8 Å². The number of ether oxygens (including phenoxy) is 1. The van der Waals surface area contributed by atoms with Crippen LogP contribution in [-0.4, -0.2) is 52.8 Å². The molecule has 1 aromatic carbocycles. The molecule has 0 spiro atoms. The zero-order valence-electron chi connectivity index (χ0n) is 12.4. The number of carbonyl (C=O) groups is 1. The number of hydrogen-bond acceptors (Lipinski definition) is 2. The van der Waals surface area contributed by atoms with Crippen molar-refractivity contribution in [2.75, 3.05) is 52.2 Å². The van der Waals surface area contributed by atoms with Gasteiger partial charge >= 0.3 is 0 Å². The molecule has 1 aliphatic heterocycles. The third kappa shape index (κ3) is 4.21. The molecule has 0 radical (unpaired) electrons. The minimum absolute atomic E-state index is 0.0632. The molecule has 0 aromatic heterocycles. The van der Waals surface area contributed by atoms with E-state index in [9.17, 15) is 4.79 Å². The van der Waals surface area contributed by atoms with Crippen molar-refractivity contribution >= 4 is 11.6 Å². The second kappa shape index (κ2) is 7.26. The van der Waals surface area contributed by atoms with Gasteiger partial charge in [0.2, 0.25) is 5.91 Å². The topological polar surface area (TPSA) is 47.2 Å². The first-order valence-corrected chi connectivity index (χ1v) is 7.27. The minimum Gasteiger partial charge on any atom is -0.495 e. The van der Waals surface area contributed by atoms with Crippen LogP contribution in [-0.2, 0) is 4.79 Å². The minimum atomic E-state index is 0.0632. The van der Waals surface area contributed by atoms with E-state index in [0.29, 0.717) is 12.2 Å². The van der Waals surface area contributed by atoms with Gasteiger partial charge in [-0.3, -0.25) is 4.79 Å². The summed E-state index contributed by atoms with van der Waals surface area (Å²) in [7, 11) is 3.84. The van der Waals surface area contributed by atoms with E-state index in [2.05, 4.69) is 12.4 Å². The number of amides is 1. The zero-order valence-corrected chi connectivity index (χ0v) is 12.4. The summed E-state index contributed by atoms with van der Waals surface area (Å²) in [4.78, 5) is 15.1. The first kappa shape index (κ1) is 14.8. The third-order valence-corrected chi connectivity index (χ3v) is 3.90. The number of likely N-dealkylation sites (N-methyl/N-ethyl adjacent to an activating group) is 1. The number of nitrogens with one attached hydrogen (secondary N) is 3. The van der Waals surface area contributed by atoms with Gasteiger partial charge in [-0.2, -0.15) is 0 Å². The number of benzene rings is 1. The normalized spacial score (nSPS) is 22.3. The molecule has 0 atom stereocenters. The van der Waals surface area contributed by atoms with Crippen LogP contribution in [0.2, 0.25) is 0 Å². The van der Waals surface area contributed by atoms with Crippen molar-refractivity contribution in [2.24, 2.45) is 0 Å². The van der Waals surface area contributed by atoms with Crippen molar-refractivity contribution in [1.29, 1.82) is 0 Å². The molecule has 110 valence electrons. The molecule has 2 rings (SSSR count). The number of piperazine rings is 1. The Morgan fingerprint density at radius 3 is 2.65 bits per heavy atom. The molecule has 0 bridgehead atoms. The third-order valence-electron chi connectivity index (χ3n) is 3.90. The fraction of sp³-hybridized carbons (Fsp3) is 0.533. The van der Waals surface area contributed by atoms with E-state index in [4.69, 9.17) is 4.74 Å². The summed E-state index contributed by atoms with van der Waals surface area (Å²) < 4.78 is 5.23. The molecule has 0 aliphatic carbocycles. The van der Waals surface area contributed by atoms with Crippen molar-refractivity contribution in [1.82, 2.24) is 0 Å². The predicted molar refractivity (Wildman–Crippen MR) is 78.4 cm³/mol. The highest BCUT2D eigenvalue weighted by Crippen LogP contribution is 2.22. The molecule has 0 unspecified atom stereocenters. The molecule has 1 aromatic rings. The van der Waals surface area contributed by atoms with Crippen LogP contribution in [0.25, 0.3) is 0 Å². The van der Waals surface area contributed by atoms with Gasteiger partial charge in [0, 0.05) is 0 Å². The number of anilines is 1. The van der Waals surface area contributed by atoms with Crippen molar-refractivity contribution in [2.45, 2.75) is 6.42 Å². The molecule has 5 heteroatoms. The van der Waals surface area contributed by atoms with Crippen molar-refractivity contribution < 1.29 is 19.3 Å². The largest absolute Gasteiger partial charge is 0.495 e. The number of hydrogen-bond donors (Lipinski definition) is 3. The molecule has 1 saturated heterocycles. The molecule has 0 saturated carbocycles. The zero-order chi connectivity index (χ0) is 14.4. The van der Waals surface area contributed by atoms with Crippen LogP contribution in [0.5, 0.6) is 5.75 Å². The lowest BCUT2D eigenvalue weighted by Gasteiger charge is -2.27. The van der Waals surface area contributed by atoms with Gasteiger partial charge in [-0.1, -0.05) is 12.1 Å². The quantitative estimate of drug-likeness (QED) is 0.610. The maximum Gasteiger partial charge on any atom is 0.230 e. The van der Waals surface area contributed by atoms with Gasteiger partial charge < -0.3 is 19.9 Å². The SMILES string of the molecule is COc1ccccc1NC(=O)CC[NH+]1CC[NH+](C)CC1. The van der Waals surface area contributed by atoms with E-state index < -0.39 is 0 Å². The maximum atomic E-state index is 12.0.